The molecule has 155 valence electrons. The van der Waals surface area contributed by atoms with Crippen LogP contribution in [0.2, 0.25) is 0 Å². The Bertz CT molecular complexity index is 693. The van der Waals surface area contributed by atoms with Gasteiger partial charge in [0.25, 0.3) is 0 Å². The van der Waals surface area contributed by atoms with Gasteiger partial charge in [0.05, 0.1) is 0 Å². The minimum Gasteiger partial charge on any atom is -0.264 e. The van der Waals surface area contributed by atoms with E-state index < -0.39 is 0 Å². The van der Waals surface area contributed by atoms with E-state index in [-0.39, 0.29) is 17.1 Å². The van der Waals surface area contributed by atoms with Gasteiger partial charge in [-0.05, 0) is 74.2 Å². The second-order valence-corrected chi connectivity index (χ2v) is 6.12. The van der Waals surface area contributed by atoms with Crippen LogP contribution in [0.4, 0.5) is 0 Å². The molecule has 0 saturated heterocycles. The molecule has 0 aliphatic carbocycles. The molecule has 0 unspecified atom stereocenters. The molecule has 4 heterocycles. The first-order valence-corrected chi connectivity index (χ1v) is 9.04. The third-order valence-electron chi connectivity index (χ3n) is 3.24. The van der Waals surface area contributed by atoms with Crippen molar-refractivity contribution >= 4 is 0 Å². The van der Waals surface area contributed by atoms with Gasteiger partial charge < -0.3 is 0 Å². The third-order valence-corrected chi connectivity index (χ3v) is 3.24. The number of hydrogen-bond donors (Lipinski definition) is 0. The maximum absolute atomic E-state index is 3.88. The van der Waals surface area contributed by atoms with Crippen LogP contribution < -0.4 is 0 Å². The minimum atomic E-state index is 0. The molecule has 0 fully saturated rings. The second kappa shape index (κ2) is 17.2. The molecule has 0 spiro atoms. The van der Waals surface area contributed by atoms with E-state index in [9.17, 15) is 0 Å². The Labute approximate surface area is 185 Å². The molecule has 0 bridgehead atoms. The van der Waals surface area contributed by atoms with E-state index in [1.54, 1.807) is 24.8 Å². The first kappa shape index (κ1) is 26.1. The van der Waals surface area contributed by atoms with Crippen molar-refractivity contribution in [2.75, 3.05) is 0 Å². The summed E-state index contributed by atoms with van der Waals surface area (Å²) in [5.41, 5.74) is 4.84. The molecule has 4 rings (SSSR count). The summed E-state index contributed by atoms with van der Waals surface area (Å²) in [4.78, 5) is 15.5. The van der Waals surface area contributed by atoms with Gasteiger partial charge in [-0.3, -0.25) is 19.9 Å². The Hall–Kier alpha value is -2.88. The van der Waals surface area contributed by atoms with Crippen LogP contribution in [0.1, 0.15) is 22.3 Å². The summed E-state index contributed by atoms with van der Waals surface area (Å²) in [6.07, 6.45) is 14.4. The van der Waals surface area contributed by atoms with Crippen molar-refractivity contribution < 1.29 is 17.1 Å². The third kappa shape index (κ3) is 15.8. The average Bonchev–Trinajstić information content (AvgIpc) is 2.72. The van der Waals surface area contributed by atoms with E-state index in [0.29, 0.717) is 0 Å². The normalized spacial score (nSPS) is 8.41. The van der Waals surface area contributed by atoms with Crippen molar-refractivity contribution in [3.8, 4) is 0 Å². The summed E-state index contributed by atoms with van der Waals surface area (Å²) in [5.74, 6) is 0. The predicted octanol–water partition coefficient (Wildman–Crippen LogP) is 5.56. The van der Waals surface area contributed by atoms with Gasteiger partial charge >= 0.3 is 0 Å². The van der Waals surface area contributed by atoms with Crippen LogP contribution in [-0.2, 0) is 17.1 Å². The van der Waals surface area contributed by atoms with Crippen molar-refractivity contribution in [3.63, 3.8) is 0 Å². The largest absolute Gasteiger partial charge is 0.264 e. The molecule has 0 aliphatic rings. The van der Waals surface area contributed by atoms with Gasteiger partial charge in [0.15, 0.2) is 0 Å². The molecular formula is C24H28CuN4. The van der Waals surface area contributed by atoms with Crippen LogP contribution in [0.15, 0.2) is 98.1 Å². The maximum Gasteiger partial charge on any atom is 0.0297 e. The van der Waals surface area contributed by atoms with Crippen molar-refractivity contribution in [2.24, 2.45) is 0 Å². The van der Waals surface area contributed by atoms with E-state index in [1.165, 1.54) is 22.3 Å². The minimum absolute atomic E-state index is 0. The van der Waals surface area contributed by atoms with Gasteiger partial charge in [0, 0.05) is 66.6 Å². The quantitative estimate of drug-likeness (QED) is 0.339. The van der Waals surface area contributed by atoms with E-state index in [0.717, 1.165) is 0 Å². The van der Waals surface area contributed by atoms with Crippen molar-refractivity contribution in [1.29, 1.82) is 0 Å². The van der Waals surface area contributed by atoms with Gasteiger partial charge in [-0.2, -0.15) is 0 Å². The van der Waals surface area contributed by atoms with Gasteiger partial charge in [0.1, 0.15) is 0 Å². The number of pyridine rings is 4. The Morgan fingerprint density at radius 2 is 0.621 bits per heavy atom. The molecule has 0 N–H and O–H groups in total. The summed E-state index contributed by atoms with van der Waals surface area (Å²) in [7, 11) is 0. The topological polar surface area (TPSA) is 51.6 Å². The molecule has 5 heteroatoms. The van der Waals surface area contributed by atoms with Crippen LogP contribution in [-0.4, -0.2) is 19.9 Å². The summed E-state index contributed by atoms with van der Waals surface area (Å²) < 4.78 is 0. The molecule has 4 aromatic rings. The summed E-state index contributed by atoms with van der Waals surface area (Å²) in [6, 6.07) is 15.8. The fourth-order valence-electron chi connectivity index (χ4n) is 1.79. The second-order valence-electron chi connectivity index (χ2n) is 6.12. The molecule has 0 aromatic carbocycles. The van der Waals surface area contributed by atoms with E-state index in [2.05, 4.69) is 19.9 Å². The summed E-state index contributed by atoms with van der Waals surface area (Å²) in [6.45, 7) is 8.08. The monoisotopic (exact) mass is 435 g/mol. The molecule has 1 radical (unpaired) electrons. The van der Waals surface area contributed by atoms with Gasteiger partial charge in [-0.1, -0.05) is 24.3 Å². The van der Waals surface area contributed by atoms with Gasteiger partial charge in [-0.15, -0.1) is 0 Å². The number of aromatic nitrogens is 4. The summed E-state index contributed by atoms with van der Waals surface area (Å²) in [5, 5.41) is 0. The standard InChI is InChI=1S/4C6H7N.Cu/c4*1-6-3-2-4-7-5-6;/h4*2-5H,1H3;. The number of aryl methyl sites for hydroxylation is 4. The van der Waals surface area contributed by atoms with Crippen LogP contribution in [0.3, 0.4) is 0 Å². The molecule has 4 nitrogen and oxygen atoms in total. The number of nitrogens with zero attached hydrogens (tertiary/aromatic N) is 4. The number of rotatable bonds is 0. The molecular weight excluding hydrogens is 408 g/mol. The van der Waals surface area contributed by atoms with Crippen LogP contribution in [0.25, 0.3) is 0 Å². The Morgan fingerprint density at radius 1 is 0.414 bits per heavy atom. The van der Waals surface area contributed by atoms with E-state index in [1.807, 2.05) is 101 Å². The molecule has 4 aromatic heterocycles. The van der Waals surface area contributed by atoms with Crippen LogP contribution >= 0.6 is 0 Å². The molecule has 0 saturated carbocycles. The Kier molecular flexibility index (Phi) is 15.5. The zero-order valence-corrected chi connectivity index (χ0v) is 18.3. The van der Waals surface area contributed by atoms with Gasteiger partial charge in [-0.25, -0.2) is 0 Å². The van der Waals surface area contributed by atoms with Gasteiger partial charge in [0.2, 0.25) is 0 Å². The van der Waals surface area contributed by atoms with Crippen LogP contribution in [0, 0.1) is 27.7 Å². The van der Waals surface area contributed by atoms with Crippen LogP contribution in [0.5, 0.6) is 0 Å². The zero-order valence-electron chi connectivity index (χ0n) is 17.3. The zero-order chi connectivity index (χ0) is 20.5. The van der Waals surface area contributed by atoms with E-state index >= 15 is 0 Å². The first-order chi connectivity index (χ1) is 13.6. The SMILES string of the molecule is Cc1cccnc1.Cc1cccnc1.Cc1cccnc1.Cc1cccnc1.[Cu]. The Balaban J connectivity index is 0.000000356. The smallest absolute Gasteiger partial charge is 0.0297 e. The molecule has 0 atom stereocenters. The Morgan fingerprint density at radius 3 is 0.690 bits per heavy atom. The fraction of sp³-hybridized carbons (Fsp3) is 0.167. The predicted molar refractivity (Wildman–Crippen MR) is 116 cm³/mol. The summed E-state index contributed by atoms with van der Waals surface area (Å²) >= 11 is 0. The molecule has 0 amide bonds. The fourth-order valence-corrected chi connectivity index (χ4v) is 1.79. The van der Waals surface area contributed by atoms with Crippen molar-refractivity contribution in [1.82, 2.24) is 19.9 Å². The average molecular weight is 436 g/mol. The van der Waals surface area contributed by atoms with Crippen molar-refractivity contribution in [3.05, 3.63) is 120 Å². The van der Waals surface area contributed by atoms with E-state index in [4.69, 9.17) is 0 Å². The molecule has 29 heavy (non-hydrogen) atoms. The first-order valence-electron chi connectivity index (χ1n) is 9.04. The maximum atomic E-state index is 3.88. The van der Waals surface area contributed by atoms with Crippen molar-refractivity contribution in [2.45, 2.75) is 27.7 Å². The molecule has 0 aliphatic heterocycles. The number of hydrogen-bond acceptors (Lipinski definition) is 4.